The molecule has 0 aliphatic carbocycles. The first-order valence-electron chi connectivity index (χ1n) is 8.36. The highest BCUT2D eigenvalue weighted by atomic mass is 15.2. The van der Waals surface area contributed by atoms with Crippen LogP contribution in [-0.4, -0.2) is 37.1 Å². The van der Waals surface area contributed by atoms with Gasteiger partial charge in [-0.3, -0.25) is 4.99 Å². The Kier molecular flexibility index (Phi) is 6.49. The van der Waals surface area contributed by atoms with Crippen molar-refractivity contribution in [2.75, 3.05) is 25.0 Å². The molecule has 0 atom stereocenters. The number of aromatic nitrogens is 1. The molecule has 0 amide bonds. The molecular weight excluding hydrogens is 274 g/mol. The highest BCUT2D eigenvalue weighted by molar-refractivity contribution is 5.79. The minimum absolute atomic E-state index is 0.370. The van der Waals surface area contributed by atoms with Crippen LogP contribution in [0, 0.1) is 0 Å². The zero-order chi connectivity index (χ0) is 15.8. The molecule has 1 aromatic heterocycles. The van der Waals surface area contributed by atoms with Gasteiger partial charge in [0.1, 0.15) is 5.82 Å². The molecule has 0 saturated carbocycles. The van der Waals surface area contributed by atoms with E-state index in [9.17, 15) is 0 Å². The monoisotopic (exact) mass is 303 g/mol. The molecule has 1 aliphatic rings. The van der Waals surface area contributed by atoms with Gasteiger partial charge in [0.2, 0.25) is 0 Å². The summed E-state index contributed by atoms with van der Waals surface area (Å²) in [6, 6.07) is 4.67. The summed E-state index contributed by atoms with van der Waals surface area (Å²) in [5.74, 6) is 1.93. The number of aliphatic imine (C=N–C) groups is 1. The van der Waals surface area contributed by atoms with E-state index in [-0.39, 0.29) is 0 Å². The normalized spacial score (nSPS) is 16.5. The molecule has 22 heavy (non-hydrogen) atoms. The van der Waals surface area contributed by atoms with E-state index in [0.717, 1.165) is 31.4 Å². The van der Waals surface area contributed by atoms with Gasteiger partial charge in [0.15, 0.2) is 5.96 Å². The van der Waals surface area contributed by atoms with Crippen molar-refractivity contribution in [2.24, 2.45) is 4.99 Å². The van der Waals surface area contributed by atoms with Crippen molar-refractivity contribution in [1.29, 1.82) is 0 Å². The lowest BCUT2D eigenvalue weighted by atomic mass is 10.2. The zero-order valence-corrected chi connectivity index (χ0v) is 14.1. The first kappa shape index (κ1) is 16.6. The number of hydrogen-bond acceptors (Lipinski definition) is 3. The van der Waals surface area contributed by atoms with Crippen LogP contribution in [0.4, 0.5) is 5.82 Å². The summed E-state index contributed by atoms with van der Waals surface area (Å²) in [4.78, 5) is 11.3. The molecule has 1 aromatic rings. The number of nitrogens with one attached hydrogen (secondary N) is 2. The molecule has 1 saturated heterocycles. The molecule has 0 bridgehead atoms. The predicted molar refractivity (Wildman–Crippen MR) is 93.4 cm³/mol. The lowest BCUT2D eigenvalue weighted by Gasteiger charge is -2.21. The number of anilines is 1. The van der Waals surface area contributed by atoms with Crippen LogP contribution in [0.5, 0.6) is 0 Å². The summed E-state index contributed by atoms with van der Waals surface area (Å²) in [5, 5.41) is 6.59. The molecule has 5 heteroatoms. The number of nitrogens with zero attached hydrogens (tertiary/aromatic N) is 3. The van der Waals surface area contributed by atoms with Gasteiger partial charge < -0.3 is 15.5 Å². The Hall–Kier alpha value is -1.78. The SMILES string of the molecule is CN=C(NCc1ccc(N2CCCCCC2)nc1)NC(C)C. The van der Waals surface area contributed by atoms with E-state index in [1.807, 2.05) is 6.20 Å². The number of guanidine groups is 1. The summed E-state index contributed by atoms with van der Waals surface area (Å²) >= 11 is 0. The van der Waals surface area contributed by atoms with Gasteiger partial charge in [0.05, 0.1) is 0 Å². The topological polar surface area (TPSA) is 52.6 Å². The molecule has 0 spiro atoms. The Morgan fingerprint density at radius 2 is 1.95 bits per heavy atom. The van der Waals surface area contributed by atoms with Gasteiger partial charge in [-0.15, -0.1) is 0 Å². The van der Waals surface area contributed by atoms with Crippen LogP contribution in [-0.2, 0) is 6.54 Å². The predicted octanol–water partition coefficient (Wildman–Crippen LogP) is 2.54. The van der Waals surface area contributed by atoms with E-state index in [1.165, 1.54) is 31.2 Å². The lowest BCUT2D eigenvalue weighted by Crippen LogP contribution is -2.40. The summed E-state index contributed by atoms with van der Waals surface area (Å²) in [5.41, 5.74) is 1.17. The second-order valence-electron chi connectivity index (χ2n) is 6.15. The molecule has 5 nitrogen and oxygen atoms in total. The van der Waals surface area contributed by atoms with Crippen LogP contribution in [0.25, 0.3) is 0 Å². The standard InChI is InChI=1S/C17H29N5/c1-14(2)21-17(18-3)20-13-15-8-9-16(19-12-15)22-10-6-4-5-7-11-22/h8-9,12,14H,4-7,10-11,13H2,1-3H3,(H2,18,20,21). The fourth-order valence-corrected chi connectivity index (χ4v) is 2.66. The molecular formula is C17H29N5. The molecule has 2 rings (SSSR count). The number of rotatable bonds is 4. The van der Waals surface area contributed by atoms with Crippen molar-refractivity contribution >= 4 is 11.8 Å². The largest absolute Gasteiger partial charge is 0.357 e. The Morgan fingerprint density at radius 1 is 1.23 bits per heavy atom. The van der Waals surface area contributed by atoms with Gasteiger partial charge in [-0.25, -0.2) is 4.98 Å². The van der Waals surface area contributed by atoms with Gasteiger partial charge in [-0.2, -0.15) is 0 Å². The van der Waals surface area contributed by atoms with Crippen molar-refractivity contribution in [3.05, 3.63) is 23.9 Å². The van der Waals surface area contributed by atoms with E-state index in [1.54, 1.807) is 7.05 Å². The molecule has 0 aromatic carbocycles. The van der Waals surface area contributed by atoms with E-state index >= 15 is 0 Å². The first-order chi connectivity index (χ1) is 10.7. The van der Waals surface area contributed by atoms with Gasteiger partial charge in [-0.05, 0) is 38.3 Å². The Bertz CT molecular complexity index is 458. The fraction of sp³-hybridized carbons (Fsp3) is 0.647. The zero-order valence-electron chi connectivity index (χ0n) is 14.1. The van der Waals surface area contributed by atoms with Crippen LogP contribution in [0.1, 0.15) is 45.1 Å². The smallest absolute Gasteiger partial charge is 0.191 e. The molecule has 0 unspecified atom stereocenters. The maximum absolute atomic E-state index is 4.63. The van der Waals surface area contributed by atoms with Gasteiger partial charge >= 0.3 is 0 Å². The third-order valence-electron chi connectivity index (χ3n) is 3.85. The van der Waals surface area contributed by atoms with Crippen molar-refractivity contribution in [1.82, 2.24) is 15.6 Å². The summed E-state index contributed by atoms with van der Waals surface area (Å²) in [7, 11) is 1.79. The van der Waals surface area contributed by atoms with Gasteiger partial charge in [-0.1, -0.05) is 18.9 Å². The van der Waals surface area contributed by atoms with Gasteiger partial charge in [0, 0.05) is 38.9 Å². The average molecular weight is 303 g/mol. The van der Waals surface area contributed by atoms with Crippen molar-refractivity contribution in [2.45, 2.75) is 52.1 Å². The summed E-state index contributed by atoms with van der Waals surface area (Å²) < 4.78 is 0. The Labute approximate surface area is 134 Å². The van der Waals surface area contributed by atoms with E-state index in [0.29, 0.717) is 6.04 Å². The third-order valence-corrected chi connectivity index (χ3v) is 3.85. The average Bonchev–Trinajstić information content (AvgIpc) is 2.81. The minimum Gasteiger partial charge on any atom is -0.357 e. The number of pyridine rings is 1. The molecule has 0 radical (unpaired) electrons. The fourth-order valence-electron chi connectivity index (χ4n) is 2.66. The second-order valence-corrected chi connectivity index (χ2v) is 6.15. The molecule has 1 fully saturated rings. The van der Waals surface area contributed by atoms with Crippen LogP contribution in [0.2, 0.25) is 0 Å². The van der Waals surface area contributed by atoms with E-state index in [4.69, 9.17) is 0 Å². The lowest BCUT2D eigenvalue weighted by molar-refractivity contribution is 0.699. The Balaban J connectivity index is 1.88. The quantitative estimate of drug-likeness (QED) is 0.663. The van der Waals surface area contributed by atoms with E-state index < -0.39 is 0 Å². The Morgan fingerprint density at radius 3 is 2.50 bits per heavy atom. The maximum atomic E-state index is 4.63. The van der Waals surface area contributed by atoms with Gasteiger partial charge in [0.25, 0.3) is 0 Å². The van der Waals surface area contributed by atoms with Crippen molar-refractivity contribution < 1.29 is 0 Å². The van der Waals surface area contributed by atoms with Crippen LogP contribution in [0.3, 0.4) is 0 Å². The number of hydrogen-bond donors (Lipinski definition) is 2. The first-order valence-corrected chi connectivity index (χ1v) is 8.36. The van der Waals surface area contributed by atoms with Crippen LogP contribution >= 0.6 is 0 Å². The van der Waals surface area contributed by atoms with Crippen LogP contribution < -0.4 is 15.5 Å². The minimum atomic E-state index is 0.370. The molecule has 2 N–H and O–H groups in total. The maximum Gasteiger partial charge on any atom is 0.191 e. The molecule has 1 aliphatic heterocycles. The van der Waals surface area contributed by atoms with Crippen molar-refractivity contribution in [3.8, 4) is 0 Å². The molecule has 122 valence electrons. The van der Waals surface area contributed by atoms with Crippen molar-refractivity contribution in [3.63, 3.8) is 0 Å². The van der Waals surface area contributed by atoms with E-state index in [2.05, 4.69) is 51.5 Å². The summed E-state index contributed by atoms with van der Waals surface area (Å²) in [6.07, 6.45) is 7.22. The second kappa shape index (κ2) is 8.61. The highest BCUT2D eigenvalue weighted by Gasteiger charge is 2.10. The molecule has 2 heterocycles. The highest BCUT2D eigenvalue weighted by Crippen LogP contribution is 2.17. The van der Waals surface area contributed by atoms with Crippen LogP contribution in [0.15, 0.2) is 23.3 Å². The summed E-state index contributed by atoms with van der Waals surface area (Å²) in [6.45, 7) is 7.21. The third kappa shape index (κ3) is 5.20.